The zero-order valence-corrected chi connectivity index (χ0v) is 13.6. The molecule has 0 aliphatic carbocycles. The molecule has 0 saturated carbocycles. The minimum Gasteiger partial charge on any atom is -0.479 e. The van der Waals surface area contributed by atoms with Gasteiger partial charge >= 0.3 is 0 Å². The number of hydrogen-bond acceptors (Lipinski definition) is 3. The predicted octanol–water partition coefficient (Wildman–Crippen LogP) is 3.44. The van der Waals surface area contributed by atoms with Crippen molar-refractivity contribution >= 4 is 29.1 Å². The second kappa shape index (κ2) is 7.34. The van der Waals surface area contributed by atoms with Crippen molar-refractivity contribution in [1.29, 1.82) is 0 Å². The SMILES string of the molecule is CC(Oc1ccc(Cl)cc1Cl)C(=O)NC(C)C1CCCO1. The number of hydrogen-bond donors (Lipinski definition) is 1. The Hall–Kier alpha value is -0.970. The van der Waals surface area contributed by atoms with E-state index in [1.165, 1.54) is 0 Å². The molecule has 3 atom stereocenters. The van der Waals surface area contributed by atoms with Crippen LogP contribution in [0.15, 0.2) is 18.2 Å². The summed E-state index contributed by atoms with van der Waals surface area (Å²) in [5.74, 6) is 0.248. The number of carbonyl (C=O) groups excluding carboxylic acids is 1. The van der Waals surface area contributed by atoms with E-state index in [4.69, 9.17) is 32.7 Å². The van der Waals surface area contributed by atoms with E-state index in [1.807, 2.05) is 6.92 Å². The van der Waals surface area contributed by atoms with E-state index in [0.717, 1.165) is 19.4 Å². The third kappa shape index (κ3) is 4.50. The average molecular weight is 332 g/mol. The van der Waals surface area contributed by atoms with Gasteiger partial charge in [-0.05, 0) is 44.9 Å². The molecule has 1 amide bonds. The summed E-state index contributed by atoms with van der Waals surface area (Å²) in [7, 11) is 0. The van der Waals surface area contributed by atoms with E-state index in [9.17, 15) is 4.79 Å². The first-order chi connectivity index (χ1) is 9.97. The lowest BCUT2D eigenvalue weighted by atomic mass is 10.1. The normalized spacial score (nSPS) is 20.9. The smallest absolute Gasteiger partial charge is 0.261 e. The van der Waals surface area contributed by atoms with Crippen molar-refractivity contribution in [3.05, 3.63) is 28.2 Å². The van der Waals surface area contributed by atoms with E-state index in [0.29, 0.717) is 15.8 Å². The van der Waals surface area contributed by atoms with Crippen molar-refractivity contribution in [2.24, 2.45) is 0 Å². The summed E-state index contributed by atoms with van der Waals surface area (Å²) in [6.07, 6.45) is 1.45. The molecule has 6 heteroatoms. The molecule has 1 aromatic carbocycles. The Morgan fingerprint density at radius 3 is 2.81 bits per heavy atom. The molecule has 0 aromatic heterocycles. The number of halogens is 2. The largest absolute Gasteiger partial charge is 0.479 e. The monoisotopic (exact) mass is 331 g/mol. The van der Waals surface area contributed by atoms with Crippen molar-refractivity contribution in [3.63, 3.8) is 0 Å². The molecule has 1 aliphatic rings. The van der Waals surface area contributed by atoms with Crippen LogP contribution in [0.2, 0.25) is 10.0 Å². The van der Waals surface area contributed by atoms with Gasteiger partial charge in [-0.2, -0.15) is 0 Å². The number of benzene rings is 1. The standard InChI is InChI=1S/C15H19Cl2NO3/c1-9(13-4-3-7-20-13)18-15(19)10(2)21-14-6-5-11(16)8-12(14)17/h5-6,8-10,13H,3-4,7H2,1-2H3,(H,18,19). The van der Waals surface area contributed by atoms with Crippen molar-refractivity contribution in [2.45, 2.75) is 44.9 Å². The van der Waals surface area contributed by atoms with Crippen LogP contribution in [0, 0.1) is 0 Å². The number of amides is 1. The van der Waals surface area contributed by atoms with Crippen LogP contribution in [0.3, 0.4) is 0 Å². The molecule has 1 fully saturated rings. The highest BCUT2D eigenvalue weighted by Crippen LogP contribution is 2.28. The molecular formula is C15H19Cl2NO3. The van der Waals surface area contributed by atoms with Gasteiger partial charge in [-0.15, -0.1) is 0 Å². The number of carbonyl (C=O) groups is 1. The molecule has 3 unspecified atom stereocenters. The molecule has 4 nitrogen and oxygen atoms in total. The zero-order chi connectivity index (χ0) is 15.4. The quantitative estimate of drug-likeness (QED) is 0.898. The van der Waals surface area contributed by atoms with E-state index >= 15 is 0 Å². The van der Waals surface area contributed by atoms with Gasteiger partial charge in [0.25, 0.3) is 5.91 Å². The van der Waals surface area contributed by atoms with E-state index in [-0.39, 0.29) is 18.1 Å². The van der Waals surface area contributed by atoms with Gasteiger partial charge in [0, 0.05) is 11.6 Å². The number of rotatable bonds is 5. The highest BCUT2D eigenvalue weighted by Gasteiger charge is 2.26. The number of nitrogens with one attached hydrogen (secondary N) is 1. The maximum Gasteiger partial charge on any atom is 0.261 e. The first-order valence-electron chi connectivity index (χ1n) is 7.01. The Kier molecular flexibility index (Phi) is 5.73. The van der Waals surface area contributed by atoms with Crippen LogP contribution in [-0.4, -0.2) is 30.8 Å². The lowest BCUT2D eigenvalue weighted by Gasteiger charge is -2.22. The van der Waals surface area contributed by atoms with Crippen LogP contribution < -0.4 is 10.1 Å². The molecule has 1 N–H and O–H groups in total. The average Bonchev–Trinajstić information content (AvgIpc) is 2.95. The molecule has 0 radical (unpaired) electrons. The Labute approximate surface area is 134 Å². The second-order valence-electron chi connectivity index (χ2n) is 5.18. The van der Waals surface area contributed by atoms with E-state index in [2.05, 4.69) is 5.32 Å². The van der Waals surface area contributed by atoms with Gasteiger partial charge in [-0.25, -0.2) is 0 Å². The molecular weight excluding hydrogens is 313 g/mol. The summed E-state index contributed by atoms with van der Waals surface area (Å²) in [6, 6.07) is 4.87. The van der Waals surface area contributed by atoms with Gasteiger partial charge in [-0.1, -0.05) is 23.2 Å². The lowest BCUT2D eigenvalue weighted by molar-refractivity contribution is -0.128. The third-order valence-electron chi connectivity index (χ3n) is 3.46. The Morgan fingerprint density at radius 1 is 1.43 bits per heavy atom. The van der Waals surface area contributed by atoms with Gasteiger partial charge in [-0.3, -0.25) is 4.79 Å². The fourth-order valence-electron chi connectivity index (χ4n) is 2.25. The fraction of sp³-hybridized carbons (Fsp3) is 0.533. The summed E-state index contributed by atoms with van der Waals surface area (Å²) in [4.78, 5) is 12.1. The van der Waals surface area contributed by atoms with Gasteiger partial charge in [0.2, 0.25) is 0 Å². The maximum atomic E-state index is 12.1. The highest BCUT2D eigenvalue weighted by atomic mass is 35.5. The molecule has 1 saturated heterocycles. The second-order valence-corrected chi connectivity index (χ2v) is 6.03. The van der Waals surface area contributed by atoms with Crippen LogP contribution >= 0.6 is 23.2 Å². The summed E-state index contributed by atoms with van der Waals surface area (Å²) >= 11 is 11.9. The van der Waals surface area contributed by atoms with E-state index < -0.39 is 6.10 Å². The molecule has 1 aromatic rings. The van der Waals surface area contributed by atoms with E-state index in [1.54, 1.807) is 25.1 Å². The first kappa shape index (κ1) is 16.4. The Morgan fingerprint density at radius 2 is 2.19 bits per heavy atom. The van der Waals surface area contributed by atoms with Gasteiger partial charge in [0.1, 0.15) is 5.75 Å². The van der Waals surface area contributed by atoms with Crippen molar-refractivity contribution in [3.8, 4) is 5.75 Å². The third-order valence-corrected chi connectivity index (χ3v) is 3.99. The molecule has 2 rings (SSSR count). The van der Waals surface area contributed by atoms with Gasteiger partial charge in [0.05, 0.1) is 17.2 Å². The minimum atomic E-state index is -0.646. The molecule has 116 valence electrons. The van der Waals surface area contributed by atoms with Crippen LogP contribution in [0.5, 0.6) is 5.75 Å². The zero-order valence-electron chi connectivity index (χ0n) is 12.1. The predicted molar refractivity (Wildman–Crippen MR) is 83.1 cm³/mol. The van der Waals surface area contributed by atoms with Gasteiger partial charge in [0.15, 0.2) is 6.10 Å². The minimum absolute atomic E-state index is 0.0354. The summed E-state index contributed by atoms with van der Waals surface area (Å²) in [5.41, 5.74) is 0. The molecule has 21 heavy (non-hydrogen) atoms. The van der Waals surface area contributed by atoms with Crippen LogP contribution in [0.25, 0.3) is 0 Å². The highest BCUT2D eigenvalue weighted by molar-refractivity contribution is 6.35. The molecule has 0 spiro atoms. The Balaban J connectivity index is 1.89. The molecule has 1 aliphatic heterocycles. The van der Waals surface area contributed by atoms with Gasteiger partial charge < -0.3 is 14.8 Å². The lowest BCUT2D eigenvalue weighted by Crippen LogP contribution is -2.46. The van der Waals surface area contributed by atoms with Crippen molar-refractivity contribution in [2.75, 3.05) is 6.61 Å². The molecule has 0 bridgehead atoms. The topological polar surface area (TPSA) is 47.6 Å². The van der Waals surface area contributed by atoms with Crippen molar-refractivity contribution in [1.82, 2.24) is 5.32 Å². The van der Waals surface area contributed by atoms with Crippen LogP contribution in [0.1, 0.15) is 26.7 Å². The fourth-order valence-corrected chi connectivity index (χ4v) is 2.70. The van der Waals surface area contributed by atoms with Crippen LogP contribution in [0.4, 0.5) is 0 Å². The molecule has 1 heterocycles. The summed E-state index contributed by atoms with van der Waals surface area (Å²) in [5, 5.41) is 3.82. The number of ether oxygens (including phenoxy) is 2. The Bertz CT molecular complexity index is 504. The summed E-state index contributed by atoms with van der Waals surface area (Å²) in [6.45, 7) is 4.38. The van der Waals surface area contributed by atoms with Crippen LogP contribution in [-0.2, 0) is 9.53 Å². The van der Waals surface area contributed by atoms with Crippen molar-refractivity contribution < 1.29 is 14.3 Å². The summed E-state index contributed by atoms with van der Waals surface area (Å²) < 4.78 is 11.1. The maximum absolute atomic E-state index is 12.1. The first-order valence-corrected chi connectivity index (χ1v) is 7.76.